The highest BCUT2D eigenvalue weighted by atomic mass is 16.3. The summed E-state index contributed by atoms with van der Waals surface area (Å²) in [5.74, 6) is 2.60. The normalized spacial score (nSPS) is 21.1. The number of aromatic nitrogens is 1. The van der Waals surface area contributed by atoms with Crippen molar-refractivity contribution < 1.29 is 9.21 Å². The van der Waals surface area contributed by atoms with Crippen LogP contribution in [-0.2, 0) is 0 Å². The highest BCUT2D eigenvalue weighted by molar-refractivity contribution is 5.94. The molecule has 20 heavy (non-hydrogen) atoms. The second-order valence-electron chi connectivity index (χ2n) is 5.00. The fourth-order valence-electron chi connectivity index (χ4n) is 2.07. The molecule has 2 unspecified atom stereocenters. The van der Waals surface area contributed by atoms with Gasteiger partial charge < -0.3 is 4.42 Å². The number of hydrazone groups is 1. The second-order valence-corrected chi connectivity index (χ2v) is 5.00. The molecule has 2 aromatic heterocycles. The third kappa shape index (κ3) is 2.77. The van der Waals surface area contributed by atoms with Crippen LogP contribution in [0.15, 0.2) is 46.2 Å². The maximum absolute atomic E-state index is 11.7. The Morgan fingerprint density at radius 1 is 1.50 bits per heavy atom. The first-order valence-corrected chi connectivity index (χ1v) is 6.57. The molecule has 0 bridgehead atoms. The topological polar surface area (TPSA) is 67.5 Å². The van der Waals surface area contributed by atoms with E-state index in [-0.39, 0.29) is 5.91 Å². The van der Waals surface area contributed by atoms with Crippen LogP contribution in [0.4, 0.5) is 0 Å². The van der Waals surface area contributed by atoms with Crippen LogP contribution in [0.25, 0.3) is 0 Å². The molecule has 0 spiro atoms. The van der Waals surface area contributed by atoms with Gasteiger partial charge in [-0.05, 0) is 36.6 Å². The standard InChI is InChI=1S/C15H15N3O2/c1-10-7-13(10)14-5-4-12(20-14)9-17-18-15(19)11-3-2-6-16-8-11/h2-6,8-10,13H,7H2,1H3,(H,18,19)/b17-9+. The molecule has 5 heteroatoms. The van der Waals surface area contributed by atoms with Crippen molar-refractivity contribution >= 4 is 12.1 Å². The van der Waals surface area contributed by atoms with Crippen LogP contribution >= 0.6 is 0 Å². The molecule has 2 heterocycles. The molecule has 2 aromatic rings. The lowest BCUT2D eigenvalue weighted by atomic mass is 10.3. The van der Waals surface area contributed by atoms with Gasteiger partial charge in [0, 0.05) is 18.3 Å². The van der Waals surface area contributed by atoms with Crippen molar-refractivity contribution in [1.29, 1.82) is 0 Å². The average molecular weight is 269 g/mol. The Labute approximate surface area is 116 Å². The second kappa shape index (κ2) is 5.28. The largest absolute Gasteiger partial charge is 0.460 e. The molecule has 0 radical (unpaired) electrons. The molecule has 3 rings (SSSR count). The van der Waals surface area contributed by atoms with Crippen LogP contribution in [0, 0.1) is 5.92 Å². The summed E-state index contributed by atoms with van der Waals surface area (Å²) in [6, 6.07) is 7.21. The Kier molecular flexibility index (Phi) is 3.33. The zero-order valence-electron chi connectivity index (χ0n) is 11.1. The Hall–Kier alpha value is -2.43. The van der Waals surface area contributed by atoms with E-state index in [9.17, 15) is 4.79 Å². The lowest BCUT2D eigenvalue weighted by molar-refractivity contribution is 0.0955. The number of hydrogen-bond donors (Lipinski definition) is 1. The van der Waals surface area contributed by atoms with Gasteiger partial charge in [-0.1, -0.05) is 6.92 Å². The summed E-state index contributed by atoms with van der Waals surface area (Å²) in [5, 5.41) is 3.88. The number of rotatable bonds is 4. The van der Waals surface area contributed by atoms with Gasteiger partial charge in [-0.2, -0.15) is 5.10 Å². The van der Waals surface area contributed by atoms with Gasteiger partial charge in [0.25, 0.3) is 5.91 Å². The van der Waals surface area contributed by atoms with Crippen LogP contribution < -0.4 is 5.43 Å². The van der Waals surface area contributed by atoms with Crippen LogP contribution in [0.3, 0.4) is 0 Å². The molecule has 0 aliphatic heterocycles. The van der Waals surface area contributed by atoms with Crippen LogP contribution in [-0.4, -0.2) is 17.1 Å². The Bertz CT molecular complexity index is 634. The number of carbonyl (C=O) groups is 1. The van der Waals surface area contributed by atoms with Crippen LogP contribution in [0.5, 0.6) is 0 Å². The molecular weight excluding hydrogens is 254 g/mol. The van der Waals surface area contributed by atoms with Crippen LogP contribution in [0.1, 0.15) is 41.1 Å². The first-order valence-electron chi connectivity index (χ1n) is 6.57. The highest BCUT2D eigenvalue weighted by Crippen LogP contribution is 2.47. The van der Waals surface area contributed by atoms with Gasteiger partial charge in [-0.25, -0.2) is 5.43 Å². The van der Waals surface area contributed by atoms with Crippen molar-refractivity contribution in [3.05, 3.63) is 53.7 Å². The summed E-state index contributed by atoms with van der Waals surface area (Å²) in [6.07, 6.45) is 5.79. The molecule has 1 fully saturated rings. The third-order valence-electron chi connectivity index (χ3n) is 3.40. The average Bonchev–Trinajstić information content (AvgIpc) is 3.01. The summed E-state index contributed by atoms with van der Waals surface area (Å²) < 4.78 is 5.65. The van der Waals surface area contributed by atoms with E-state index in [4.69, 9.17) is 4.42 Å². The Balaban J connectivity index is 1.58. The molecule has 102 valence electrons. The molecular formula is C15H15N3O2. The lowest BCUT2D eigenvalue weighted by Crippen LogP contribution is -2.17. The van der Waals surface area contributed by atoms with E-state index >= 15 is 0 Å². The van der Waals surface area contributed by atoms with E-state index in [0.717, 1.165) is 5.76 Å². The van der Waals surface area contributed by atoms with Crippen molar-refractivity contribution in [3.8, 4) is 0 Å². The number of nitrogens with zero attached hydrogens (tertiary/aromatic N) is 2. The maximum Gasteiger partial charge on any atom is 0.272 e. The number of furan rings is 1. The summed E-state index contributed by atoms with van der Waals surface area (Å²) in [6.45, 7) is 2.20. The van der Waals surface area contributed by atoms with Gasteiger partial charge in [0.1, 0.15) is 11.5 Å². The number of carbonyl (C=O) groups excluding carboxylic acids is 1. The van der Waals surface area contributed by atoms with E-state index in [1.807, 2.05) is 12.1 Å². The summed E-state index contributed by atoms with van der Waals surface area (Å²) >= 11 is 0. The fourth-order valence-corrected chi connectivity index (χ4v) is 2.07. The van der Waals surface area contributed by atoms with Crippen molar-refractivity contribution in [3.63, 3.8) is 0 Å². The number of amides is 1. The lowest BCUT2D eigenvalue weighted by Gasteiger charge is -1.97. The van der Waals surface area contributed by atoms with Gasteiger partial charge in [0.2, 0.25) is 0 Å². The van der Waals surface area contributed by atoms with E-state index < -0.39 is 0 Å². The predicted molar refractivity (Wildman–Crippen MR) is 74.5 cm³/mol. The minimum Gasteiger partial charge on any atom is -0.460 e. The van der Waals surface area contributed by atoms with Crippen molar-refractivity contribution in [2.45, 2.75) is 19.3 Å². The van der Waals surface area contributed by atoms with E-state index in [1.165, 1.54) is 18.8 Å². The molecule has 1 aliphatic rings. The first-order chi connectivity index (χ1) is 9.74. The Morgan fingerprint density at radius 2 is 2.35 bits per heavy atom. The van der Waals surface area contributed by atoms with Crippen molar-refractivity contribution in [1.82, 2.24) is 10.4 Å². The molecule has 1 amide bonds. The molecule has 1 aliphatic carbocycles. The van der Waals surface area contributed by atoms with Gasteiger partial charge in [0.05, 0.1) is 11.8 Å². The minimum absolute atomic E-state index is 0.294. The SMILES string of the molecule is CC1CC1c1ccc(/C=N/NC(=O)c2cccnc2)o1. The molecule has 5 nitrogen and oxygen atoms in total. The third-order valence-corrected chi connectivity index (χ3v) is 3.40. The fraction of sp³-hybridized carbons (Fsp3) is 0.267. The molecule has 1 saturated carbocycles. The van der Waals surface area contributed by atoms with Crippen molar-refractivity contribution in [2.75, 3.05) is 0 Å². The van der Waals surface area contributed by atoms with Gasteiger partial charge >= 0.3 is 0 Å². The maximum atomic E-state index is 11.7. The summed E-state index contributed by atoms with van der Waals surface area (Å²) in [7, 11) is 0. The zero-order valence-corrected chi connectivity index (χ0v) is 11.1. The molecule has 1 N–H and O–H groups in total. The van der Waals surface area contributed by atoms with E-state index in [0.29, 0.717) is 23.2 Å². The first kappa shape index (κ1) is 12.6. The number of hydrogen-bond acceptors (Lipinski definition) is 4. The molecule has 0 aromatic carbocycles. The quantitative estimate of drug-likeness (QED) is 0.685. The number of pyridine rings is 1. The van der Waals surface area contributed by atoms with Crippen LogP contribution in [0.2, 0.25) is 0 Å². The Morgan fingerprint density at radius 3 is 3.05 bits per heavy atom. The van der Waals surface area contributed by atoms with Crippen molar-refractivity contribution in [2.24, 2.45) is 11.0 Å². The minimum atomic E-state index is -0.294. The van der Waals surface area contributed by atoms with E-state index in [2.05, 4.69) is 22.4 Å². The highest BCUT2D eigenvalue weighted by Gasteiger charge is 2.36. The predicted octanol–water partition coefficient (Wildman–Crippen LogP) is 2.56. The molecule has 0 saturated heterocycles. The smallest absolute Gasteiger partial charge is 0.272 e. The monoisotopic (exact) mass is 269 g/mol. The number of nitrogens with one attached hydrogen (secondary N) is 1. The van der Waals surface area contributed by atoms with Gasteiger partial charge in [0.15, 0.2) is 0 Å². The summed E-state index contributed by atoms with van der Waals surface area (Å²) in [5.41, 5.74) is 2.91. The van der Waals surface area contributed by atoms with E-state index in [1.54, 1.807) is 18.3 Å². The molecule has 2 atom stereocenters. The van der Waals surface area contributed by atoms with Gasteiger partial charge in [-0.15, -0.1) is 0 Å². The van der Waals surface area contributed by atoms with Gasteiger partial charge in [-0.3, -0.25) is 9.78 Å². The summed E-state index contributed by atoms with van der Waals surface area (Å²) in [4.78, 5) is 15.6. The zero-order chi connectivity index (χ0) is 13.9.